The van der Waals surface area contributed by atoms with Crippen LogP contribution in [0.2, 0.25) is 0 Å². The molecule has 1 N–H and O–H groups in total. The summed E-state index contributed by atoms with van der Waals surface area (Å²) in [7, 11) is 0. The number of carbonyl (C=O) groups is 2. The molecule has 0 spiro atoms. The minimum Gasteiger partial charge on any atom is -0.352 e. The first-order valence-electron chi connectivity index (χ1n) is 9.41. The van der Waals surface area contributed by atoms with E-state index in [-0.39, 0.29) is 11.8 Å². The molecule has 27 heavy (non-hydrogen) atoms. The van der Waals surface area contributed by atoms with E-state index in [4.69, 9.17) is 0 Å². The third kappa shape index (κ3) is 4.53. The number of nitrogens with zero attached hydrogens (tertiary/aromatic N) is 1. The molecule has 2 aromatic carbocycles. The number of hydrogen-bond donors (Lipinski definition) is 1. The third-order valence-electron chi connectivity index (χ3n) is 4.81. The summed E-state index contributed by atoms with van der Waals surface area (Å²) >= 11 is 1.54. The molecule has 4 nitrogen and oxygen atoms in total. The standard InChI is InChI=1S/C22H26N2O2S/c1-4-5-10-23-22(26)17-8-9-20-19(12-17)24(21(25)14-27-20)13-18-11-15(2)6-7-16(18)3/h6-9,11-12H,4-5,10,13-14H2,1-3H3,(H,23,26). The number of rotatable bonds is 6. The highest BCUT2D eigenvalue weighted by molar-refractivity contribution is 8.00. The first kappa shape index (κ1) is 19.5. The number of amides is 2. The predicted octanol–water partition coefficient (Wildman–Crippen LogP) is 4.47. The Bertz CT molecular complexity index is 863. The zero-order valence-electron chi connectivity index (χ0n) is 16.2. The van der Waals surface area contributed by atoms with Crippen molar-refractivity contribution in [3.8, 4) is 0 Å². The summed E-state index contributed by atoms with van der Waals surface area (Å²) in [5.74, 6) is 0.429. The van der Waals surface area contributed by atoms with Gasteiger partial charge in [0.05, 0.1) is 18.0 Å². The Morgan fingerprint density at radius 1 is 1.19 bits per heavy atom. The molecule has 1 heterocycles. The fourth-order valence-electron chi connectivity index (χ4n) is 3.14. The van der Waals surface area contributed by atoms with Crippen molar-refractivity contribution >= 4 is 29.3 Å². The second-order valence-corrected chi connectivity index (χ2v) is 8.01. The van der Waals surface area contributed by atoms with Gasteiger partial charge in [0.15, 0.2) is 0 Å². The summed E-state index contributed by atoms with van der Waals surface area (Å²) in [5.41, 5.74) is 4.92. The summed E-state index contributed by atoms with van der Waals surface area (Å²) < 4.78 is 0. The largest absolute Gasteiger partial charge is 0.352 e. The Morgan fingerprint density at radius 2 is 2.00 bits per heavy atom. The molecule has 3 rings (SSSR count). The maximum absolute atomic E-state index is 12.7. The van der Waals surface area contributed by atoms with E-state index in [9.17, 15) is 9.59 Å². The maximum atomic E-state index is 12.7. The lowest BCUT2D eigenvalue weighted by atomic mass is 10.0. The van der Waals surface area contributed by atoms with Gasteiger partial charge in [0.25, 0.3) is 5.91 Å². The topological polar surface area (TPSA) is 49.4 Å². The van der Waals surface area contributed by atoms with E-state index in [0.29, 0.717) is 24.4 Å². The molecule has 0 bridgehead atoms. The molecule has 5 heteroatoms. The SMILES string of the molecule is CCCCNC(=O)c1ccc2c(c1)N(Cc1cc(C)ccc1C)C(=O)CS2. The Balaban J connectivity index is 1.89. The van der Waals surface area contributed by atoms with Gasteiger partial charge < -0.3 is 10.2 Å². The number of anilines is 1. The van der Waals surface area contributed by atoms with Crippen molar-refractivity contribution in [2.24, 2.45) is 0 Å². The third-order valence-corrected chi connectivity index (χ3v) is 5.86. The monoisotopic (exact) mass is 382 g/mol. The van der Waals surface area contributed by atoms with Gasteiger partial charge in [-0.3, -0.25) is 9.59 Å². The number of fused-ring (bicyclic) bond motifs is 1. The van der Waals surface area contributed by atoms with Gasteiger partial charge in [0.2, 0.25) is 5.91 Å². The van der Waals surface area contributed by atoms with Gasteiger partial charge in [-0.05, 0) is 49.6 Å². The van der Waals surface area contributed by atoms with E-state index in [1.807, 2.05) is 23.1 Å². The van der Waals surface area contributed by atoms with Crippen LogP contribution >= 0.6 is 11.8 Å². The number of carbonyl (C=O) groups excluding carboxylic acids is 2. The molecule has 2 aromatic rings. The number of hydrogen-bond acceptors (Lipinski definition) is 3. The van der Waals surface area contributed by atoms with Crippen LogP contribution in [0.25, 0.3) is 0 Å². The van der Waals surface area contributed by atoms with Gasteiger partial charge in [-0.1, -0.05) is 37.1 Å². The average molecular weight is 383 g/mol. The van der Waals surface area contributed by atoms with E-state index < -0.39 is 0 Å². The normalized spacial score (nSPS) is 13.4. The lowest BCUT2D eigenvalue weighted by Gasteiger charge is -2.30. The zero-order valence-corrected chi connectivity index (χ0v) is 17.0. The van der Waals surface area contributed by atoms with Gasteiger partial charge in [0.1, 0.15) is 0 Å². The highest BCUT2D eigenvalue weighted by Gasteiger charge is 2.26. The van der Waals surface area contributed by atoms with Crippen molar-refractivity contribution in [2.45, 2.75) is 45.1 Å². The van der Waals surface area contributed by atoms with E-state index in [0.717, 1.165) is 29.0 Å². The molecular formula is C22H26N2O2S. The van der Waals surface area contributed by atoms with E-state index in [2.05, 4.69) is 44.3 Å². The lowest BCUT2D eigenvalue weighted by molar-refractivity contribution is -0.116. The molecule has 1 aliphatic heterocycles. The molecule has 0 fully saturated rings. The number of benzene rings is 2. The minimum atomic E-state index is -0.0824. The van der Waals surface area contributed by atoms with Crippen LogP contribution in [0.1, 0.15) is 46.8 Å². The molecule has 1 aliphatic rings. The highest BCUT2D eigenvalue weighted by Crippen LogP contribution is 2.37. The van der Waals surface area contributed by atoms with Gasteiger partial charge in [-0.25, -0.2) is 0 Å². The molecular weight excluding hydrogens is 356 g/mol. The van der Waals surface area contributed by atoms with Gasteiger partial charge >= 0.3 is 0 Å². The number of unbranched alkanes of at least 4 members (excludes halogenated alkanes) is 1. The summed E-state index contributed by atoms with van der Waals surface area (Å²) in [6, 6.07) is 12.0. The van der Waals surface area contributed by atoms with Crippen molar-refractivity contribution in [1.29, 1.82) is 0 Å². The van der Waals surface area contributed by atoms with Crippen LogP contribution in [-0.2, 0) is 11.3 Å². The maximum Gasteiger partial charge on any atom is 0.251 e. The van der Waals surface area contributed by atoms with Crippen molar-refractivity contribution in [3.63, 3.8) is 0 Å². The van der Waals surface area contributed by atoms with Crippen LogP contribution in [-0.4, -0.2) is 24.1 Å². The fourth-order valence-corrected chi connectivity index (χ4v) is 4.05. The van der Waals surface area contributed by atoms with Crippen LogP contribution in [0.3, 0.4) is 0 Å². The van der Waals surface area contributed by atoms with Gasteiger partial charge in [-0.2, -0.15) is 0 Å². The van der Waals surface area contributed by atoms with Crippen LogP contribution in [0.4, 0.5) is 5.69 Å². The highest BCUT2D eigenvalue weighted by atomic mass is 32.2. The predicted molar refractivity (Wildman–Crippen MR) is 112 cm³/mol. The summed E-state index contributed by atoms with van der Waals surface area (Å²) in [6.07, 6.45) is 2.00. The average Bonchev–Trinajstić information content (AvgIpc) is 2.66. The summed E-state index contributed by atoms with van der Waals surface area (Å²) in [4.78, 5) is 27.9. The van der Waals surface area contributed by atoms with Crippen molar-refractivity contribution in [1.82, 2.24) is 5.32 Å². The molecule has 0 aromatic heterocycles. The number of aryl methyl sites for hydroxylation is 2. The van der Waals surface area contributed by atoms with Crippen molar-refractivity contribution in [3.05, 3.63) is 58.7 Å². The molecule has 0 radical (unpaired) electrons. The first-order valence-corrected chi connectivity index (χ1v) is 10.4. The fraction of sp³-hybridized carbons (Fsp3) is 0.364. The number of nitrogens with one attached hydrogen (secondary N) is 1. The lowest BCUT2D eigenvalue weighted by Crippen LogP contribution is -2.35. The van der Waals surface area contributed by atoms with Crippen LogP contribution in [0, 0.1) is 13.8 Å². The molecule has 142 valence electrons. The summed E-state index contributed by atoms with van der Waals surface area (Å²) in [5, 5.41) is 2.95. The molecule has 0 saturated carbocycles. The molecule has 0 atom stereocenters. The summed E-state index contributed by atoms with van der Waals surface area (Å²) in [6.45, 7) is 7.42. The van der Waals surface area contributed by atoms with Gasteiger partial charge in [-0.15, -0.1) is 11.8 Å². The molecule has 0 unspecified atom stereocenters. The first-order chi connectivity index (χ1) is 13.0. The zero-order chi connectivity index (χ0) is 19.4. The van der Waals surface area contributed by atoms with Crippen molar-refractivity contribution < 1.29 is 9.59 Å². The second kappa shape index (κ2) is 8.61. The Hall–Kier alpha value is -2.27. The quantitative estimate of drug-likeness (QED) is 0.750. The van der Waals surface area contributed by atoms with Crippen LogP contribution in [0.5, 0.6) is 0 Å². The van der Waals surface area contributed by atoms with Crippen molar-refractivity contribution in [2.75, 3.05) is 17.2 Å². The van der Waals surface area contributed by atoms with Gasteiger partial charge in [0, 0.05) is 17.0 Å². The van der Waals surface area contributed by atoms with E-state index in [1.165, 1.54) is 22.9 Å². The molecule has 2 amide bonds. The molecule has 0 saturated heterocycles. The molecule has 0 aliphatic carbocycles. The smallest absolute Gasteiger partial charge is 0.251 e. The second-order valence-electron chi connectivity index (χ2n) is 6.99. The number of thioether (sulfide) groups is 1. The minimum absolute atomic E-state index is 0.0805. The Labute approximate surface area is 165 Å². The van der Waals surface area contributed by atoms with Crippen LogP contribution < -0.4 is 10.2 Å². The van der Waals surface area contributed by atoms with E-state index in [1.54, 1.807) is 0 Å². The Kier molecular flexibility index (Phi) is 6.22. The Morgan fingerprint density at radius 3 is 2.78 bits per heavy atom. The van der Waals surface area contributed by atoms with E-state index >= 15 is 0 Å². The van der Waals surface area contributed by atoms with Crippen LogP contribution in [0.15, 0.2) is 41.3 Å².